The Kier molecular flexibility index (Phi) is 6.58. The van der Waals surface area contributed by atoms with Crippen molar-refractivity contribution in [3.05, 3.63) is 144 Å². The molecule has 62 heavy (non-hydrogen) atoms. The van der Waals surface area contributed by atoms with Crippen LogP contribution in [0.1, 0.15) is 63.8 Å². The van der Waals surface area contributed by atoms with E-state index in [0.717, 1.165) is 0 Å². The third-order valence-corrected chi connectivity index (χ3v) is 16.8. The lowest BCUT2D eigenvalue weighted by Gasteiger charge is -2.41. The molecule has 0 amide bonds. The number of anilines is 3. The first-order valence-corrected chi connectivity index (χ1v) is 23.7. The van der Waals surface area contributed by atoms with E-state index in [-0.39, 0.29) is 17.5 Å². The zero-order valence-corrected chi connectivity index (χ0v) is 37.9. The second-order valence-corrected chi connectivity index (χ2v) is 22.4. The van der Waals surface area contributed by atoms with Crippen molar-refractivity contribution >= 4 is 142 Å². The SMILES string of the molecule is Cc1ccc2c(c1)B1c3c(c4c5sc6ccccc6c5n5c6c7ccccc7sc6c(c3-n3c6ccc(C(C)(C)C)cc6c6cc(C)cc1c63)c45)N2c1ccc(C(C)(C)C)cc1. The molecule has 0 bridgehead atoms. The van der Waals surface area contributed by atoms with E-state index in [9.17, 15) is 0 Å². The maximum atomic E-state index is 2.72. The van der Waals surface area contributed by atoms with E-state index in [1.54, 1.807) is 0 Å². The maximum Gasteiger partial charge on any atom is 0.252 e. The Morgan fingerprint density at radius 2 is 1.11 bits per heavy atom. The van der Waals surface area contributed by atoms with Crippen molar-refractivity contribution < 1.29 is 0 Å². The first-order chi connectivity index (χ1) is 29.9. The molecule has 0 N–H and O–H groups in total. The summed E-state index contributed by atoms with van der Waals surface area (Å²) < 4.78 is 10.9. The molecule has 7 heterocycles. The number of aromatic nitrogens is 2. The average Bonchev–Trinajstić information content (AvgIpc) is 4.04. The normalized spacial score (nSPS) is 14.1. The average molecular weight is 834 g/mol. The summed E-state index contributed by atoms with van der Waals surface area (Å²) in [5, 5.41) is 8.11. The fourth-order valence-electron chi connectivity index (χ4n) is 11.6. The zero-order valence-electron chi connectivity index (χ0n) is 36.3. The zero-order chi connectivity index (χ0) is 41.9. The predicted molar refractivity (Wildman–Crippen MR) is 272 cm³/mol. The van der Waals surface area contributed by atoms with Gasteiger partial charge in [-0.2, -0.15) is 0 Å². The number of benzene rings is 7. The minimum absolute atomic E-state index is 0.0209. The standard InChI is InChI=1S/C56H44BN3S2/c1-29-17-23-41-38(26-29)57-39-27-30(2)25-37-36-28-32(56(6,7)8)20-24-40(36)59(47(37)39)52-45-50-44(51(46(52)57)58(41)33-21-18-31(19-22-33)55(3,4)5)53-48(34-13-9-11-15-42(34)61-53)60(50)49-35-14-10-12-16-43(35)62-54(45)49/h9-28H,1-8H3. The summed E-state index contributed by atoms with van der Waals surface area (Å²) in [6.07, 6.45) is 0. The number of thiophene rings is 2. The molecule has 0 spiro atoms. The van der Waals surface area contributed by atoms with Crippen LogP contribution in [0.3, 0.4) is 0 Å². The van der Waals surface area contributed by atoms with Crippen molar-refractivity contribution in [2.75, 3.05) is 4.90 Å². The minimum Gasteiger partial charge on any atom is -0.311 e. The largest absolute Gasteiger partial charge is 0.311 e. The van der Waals surface area contributed by atoms with Crippen molar-refractivity contribution in [3.63, 3.8) is 0 Å². The van der Waals surface area contributed by atoms with Crippen LogP contribution >= 0.6 is 22.7 Å². The first kappa shape index (κ1) is 35.5. The van der Waals surface area contributed by atoms with Crippen LogP contribution in [0.4, 0.5) is 17.1 Å². The van der Waals surface area contributed by atoms with Crippen molar-refractivity contribution in [3.8, 4) is 5.69 Å². The van der Waals surface area contributed by atoms with E-state index >= 15 is 0 Å². The van der Waals surface area contributed by atoms with E-state index in [2.05, 4.69) is 191 Å². The molecule has 14 rings (SSSR count). The molecule has 0 saturated heterocycles. The van der Waals surface area contributed by atoms with Gasteiger partial charge in [0.25, 0.3) is 6.71 Å². The number of hydrogen-bond acceptors (Lipinski definition) is 3. The number of nitrogens with zero attached hydrogens (tertiary/aromatic N) is 3. The van der Waals surface area contributed by atoms with Crippen LogP contribution in [0, 0.1) is 13.8 Å². The molecule has 2 aliphatic heterocycles. The third kappa shape index (κ3) is 4.28. The van der Waals surface area contributed by atoms with Crippen LogP contribution in [0.15, 0.2) is 121 Å². The number of hydrogen-bond donors (Lipinski definition) is 0. The number of rotatable bonds is 1. The van der Waals surface area contributed by atoms with Crippen LogP contribution in [-0.2, 0) is 10.8 Å². The first-order valence-electron chi connectivity index (χ1n) is 22.1. The van der Waals surface area contributed by atoms with Gasteiger partial charge in [0.1, 0.15) is 0 Å². The third-order valence-electron chi connectivity index (χ3n) is 14.4. The number of fused-ring (bicyclic) bond motifs is 19. The highest BCUT2D eigenvalue weighted by molar-refractivity contribution is 7.28. The second-order valence-electron chi connectivity index (χ2n) is 20.3. The summed E-state index contributed by atoms with van der Waals surface area (Å²) in [6.45, 7) is 18.6. The molecular weight excluding hydrogens is 790 g/mol. The van der Waals surface area contributed by atoms with E-state index in [4.69, 9.17) is 0 Å². The van der Waals surface area contributed by atoms with Gasteiger partial charge in [-0.3, -0.25) is 0 Å². The van der Waals surface area contributed by atoms with E-state index in [1.165, 1.54) is 140 Å². The Morgan fingerprint density at radius 3 is 1.77 bits per heavy atom. The molecule has 0 atom stereocenters. The van der Waals surface area contributed by atoms with Gasteiger partial charge in [-0.15, -0.1) is 22.7 Å². The topological polar surface area (TPSA) is 12.6 Å². The Morgan fingerprint density at radius 1 is 0.500 bits per heavy atom. The van der Waals surface area contributed by atoms with Gasteiger partial charge >= 0.3 is 0 Å². The van der Waals surface area contributed by atoms with Gasteiger partial charge < -0.3 is 13.9 Å². The molecule has 7 aromatic carbocycles. The highest BCUT2D eigenvalue weighted by atomic mass is 32.1. The van der Waals surface area contributed by atoms with Gasteiger partial charge in [0.15, 0.2) is 0 Å². The van der Waals surface area contributed by atoms with Crippen molar-refractivity contribution in [1.82, 2.24) is 8.97 Å². The predicted octanol–water partition coefficient (Wildman–Crippen LogP) is 14.2. The summed E-state index contributed by atoms with van der Waals surface area (Å²) in [5.41, 5.74) is 21.4. The quantitative estimate of drug-likeness (QED) is 0.150. The molecule has 3 nitrogen and oxygen atoms in total. The molecular formula is C56H44BN3S2. The van der Waals surface area contributed by atoms with Crippen molar-refractivity contribution in [2.45, 2.75) is 66.2 Å². The molecule has 0 aliphatic carbocycles. The summed E-state index contributed by atoms with van der Waals surface area (Å²) in [7, 11) is 0. The van der Waals surface area contributed by atoms with E-state index < -0.39 is 0 Å². The van der Waals surface area contributed by atoms with Gasteiger partial charge in [-0.25, -0.2) is 0 Å². The van der Waals surface area contributed by atoms with E-state index in [1.807, 2.05) is 22.7 Å². The molecule has 0 saturated carbocycles. The second kappa shape index (κ2) is 11.5. The molecule has 0 radical (unpaired) electrons. The van der Waals surface area contributed by atoms with Gasteiger partial charge in [0.05, 0.1) is 42.8 Å². The highest BCUT2D eigenvalue weighted by Crippen LogP contribution is 2.56. The molecule has 298 valence electrons. The Bertz CT molecular complexity index is 3970. The molecule has 6 heteroatoms. The monoisotopic (exact) mass is 833 g/mol. The number of aryl methyl sites for hydroxylation is 2. The molecule has 0 unspecified atom stereocenters. The highest BCUT2D eigenvalue weighted by Gasteiger charge is 2.46. The summed E-state index contributed by atoms with van der Waals surface area (Å²) in [6, 6.07) is 47.3. The van der Waals surface area contributed by atoms with Gasteiger partial charge in [-0.05, 0) is 101 Å². The lowest BCUT2D eigenvalue weighted by Crippen LogP contribution is -2.60. The maximum absolute atomic E-state index is 2.72. The summed E-state index contributed by atoms with van der Waals surface area (Å²) in [5.74, 6) is 0. The van der Waals surface area contributed by atoms with E-state index in [0.29, 0.717) is 0 Å². The van der Waals surface area contributed by atoms with Crippen LogP contribution < -0.4 is 21.3 Å². The Labute approximate surface area is 368 Å². The summed E-state index contributed by atoms with van der Waals surface area (Å²) in [4.78, 5) is 2.66. The lowest BCUT2D eigenvalue weighted by molar-refractivity contribution is 0.590. The van der Waals surface area contributed by atoms with Crippen LogP contribution in [0.2, 0.25) is 0 Å². The van der Waals surface area contributed by atoms with Crippen LogP contribution in [0.25, 0.3) is 84.4 Å². The molecule has 2 aliphatic rings. The fourth-order valence-corrected chi connectivity index (χ4v) is 14.1. The molecule has 12 aromatic rings. The van der Waals surface area contributed by atoms with Gasteiger partial charge in [0, 0.05) is 58.6 Å². The van der Waals surface area contributed by atoms with Gasteiger partial charge in [-0.1, -0.05) is 125 Å². The van der Waals surface area contributed by atoms with Gasteiger partial charge in [0.2, 0.25) is 0 Å². The van der Waals surface area contributed by atoms with Crippen LogP contribution in [-0.4, -0.2) is 15.7 Å². The molecule has 0 fully saturated rings. The lowest BCUT2D eigenvalue weighted by atomic mass is 9.33. The van der Waals surface area contributed by atoms with Crippen LogP contribution in [0.5, 0.6) is 0 Å². The summed E-state index contributed by atoms with van der Waals surface area (Å²) >= 11 is 3.94. The Hall–Kier alpha value is -6.08. The smallest absolute Gasteiger partial charge is 0.252 e. The van der Waals surface area contributed by atoms with Crippen molar-refractivity contribution in [2.24, 2.45) is 0 Å². The minimum atomic E-state index is 0.0209. The van der Waals surface area contributed by atoms with Crippen molar-refractivity contribution in [1.29, 1.82) is 0 Å². The fraction of sp³-hybridized carbons (Fsp3) is 0.179. The molecule has 5 aromatic heterocycles. The Balaban J connectivity index is 1.29.